The van der Waals surface area contributed by atoms with Gasteiger partial charge >= 0.3 is 0 Å². The van der Waals surface area contributed by atoms with Gasteiger partial charge in [0.25, 0.3) is 0 Å². The van der Waals surface area contributed by atoms with Crippen molar-refractivity contribution in [3.63, 3.8) is 0 Å². The molecule has 0 aliphatic heterocycles. The number of benzene rings is 1. The summed E-state index contributed by atoms with van der Waals surface area (Å²) in [5, 5.41) is 14.7. The van der Waals surface area contributed by atoms with Crippen LogP contribution in [0.3, 0.4) is 0 Å². The fraction of sp³-hybridized carbons (Fsp3) is 0.357. The first-order valence-corrected chi connectivity index (χ1v) is 5.98. The first-order chi connectivity index (χ1) is 8.95. The van der Waals surface area contributed by atoms with E-state index in [1.807, 2.05) is 0 Å². The van der Waals surface area contributed by atoms with Gasteiger partial charge in [0.1, 0.15) is 17.1 Å². The van der Waals surface area contributed by atoms with E-state index in [4.69, 9.17) is 4.74 Å². The summed E-state index contributed by atoms with van der Waals surface area (Å²) in [6.07, 6.45) is 1.68. The summed E-state index contributed by atoms with van der Waals surface area (Å²) in [5.74, 6) is 0.160. The molecule has 0 saturated carbocycles. The topological polar surface area (TPSA) is 47.3 Å². The summed E-state index contributed by atoms with van der Waals surface area (Å²) < 4.78 is 20.4. The monoisotopic (exact) mass is 264 g/mol. The summed E-state index contributed by atoms with van der Waals surface area (Å²) >= 11 is 0. The number of rotatable bonds is 4. The lowest BCUT2D eigenvalue weighted by Crippen LogP contribution is -2.28. The van der Waals surface area contributed by atoms with Gasteiger partial charge in [0, 0.05) is 13.5 Å². The molecule has 0 aliphatic rings. The molecule has 1 aromatic carbocycles. The molecule has 0 bridgehead atoms. The van der Waals surface area contributed by atoms with Gasteiger partial charge in [0.2, 0.25) is 0 Å². The minimum absolute atomic E-state index is 0.148. The normalized spacial score (nSPS) is 14.2. The highest BCUT2D eigenvalue weighted by molar-refractivity contribution is 5.32. The highest BCUT2D eigenvalue weighted by Gasteiger charge is 2.31. The predicted octanol–water partition coefficient (Wildman–Crippen LogP) is 2.02. The number of aryl methyl sites for hydroxylation is 1. The lowest BCUT2D eigenvalue weighted by Gasteiger charge is -2.24. The zero-order valence-electron chi connectivity index (χ0n) is 11.2. The second-order valence-electron chi connectivity index (χ2n) is 4.73. The van der Waals surface area contributed by atoms with E-state index in [9.17, 15) is 9.50 Å². The standard InChI is InChI=1S/C14H17FN2O2/c1-14(18,8-10-6-4-5-7-11(10)15)13-12(19-3)9-16-17(13)2/h4-7,9,18H,8H2,1-3H3. The largest absolute Gasteiger partial charge is 0.493 e. The van der Waals surface area contributed by atoms with E-state index in [-0.39, 0.29) is 12.2 Å². The second-order valence-corrected chi connectivity index (χ2v) is 4.73. The Hall–Kier alpha value is -1.88. The van der Waals surface area contributed by atoms with E-state index >= 15 is 0 Å². The van der Waals surface area contributed by atoms with Crippen molar-refractivity contribution >= 4 is 0 Å². The maximum absolute atomic E-state index is 13.7. The van der Waals surface area contributed by atoms with E-state index in [1.165, 1.54) is 19.4 Å². The minimum Gasteiger partial charge on any atom is -0.493 e. The number of halogens is 1. The molecule has 1 aromatic heterocycles. The van der Waals surface area contributed by atoms with Crippen molar-refractivity contribution in [1.29, 1.82) is 0 Å². The second kappa shape index (κ2) is 5.01. The fourth-order valence-electron chi connectivity index (χ4n) is 2.28. The lowest BCUT2D eigenvalue weighted by molar-refractivity contribution is 0.0455. The predicted molar refractivity (Wildman–Crippen MR) is 69.4 cm³/mol. The maximum atomic E-state index is 13.7. The molecule has 0 aliphatic carbocycles. The quantitative estimate of drug-likeness (QED) is 0.919. The van der Waals surface area contributed by atoms with Crippen LogP contribution in [0, 0.1) is 5.82 Å². The number of hydrogen-bond acceptors (Lipinski definition) is 3. The number of hydrogen-bond donors (Lipinski definition) is 1. The zero-order valence-corrected chi connectivity index (χ0v) is 11.2. The number of aromatic nitrogens is 2. The first kappa shape index (κ1) is 13.5. The average molecular weight is 264 g/mol. The molecule has 5 heteroatoms. The molecule has 2 aromatic rings. The van der Waals surface area contributed by atoms with Crippen LogP contribution in [-0.2, 0) is 19.1 Å². The molecular formula is C14H17FN2O2. The Bertz CT molecular complexity index is 579. The SMILES string of the molecule is COc1cnn(C)c1C(C)(O)Cc1ccccc1F. The molecular weight excluding hydrogens is 247 g/mol. The van der Waals surface area contributed by atoms with Crippen LogP contribution in [-0.4, -0.2) is 22.0 Å². The maximum Gasteiger partial charge on any atom is 0.162 e. The van der Waals surface area contributed by atoms with Crippen molar-refractivity contribution in [3.8, 4) is 5.75 Å². The van der Waals surface area contributed by atoms with Crippen LogP contribution in [0.25, 0.3) is 0 Å². The van der Waals surface area contributed by atoms with Crippen molar-refractivity contribution in [2.45, 2.75) is 18.9 Å². The van der Waals surface area contributed by atoms with Crippen molar-refractivity contribution < 1.29 is 14.2 Å². The highest BCUT2D eigenvalue weighted by atomic mass is 19.1. The van der Waals surface area contributed by atoms with Gasteiger partial charge in [-0.2, -0.15) is 5.10 Å². The van der Waals surface area contributed by atoms with Gasteiger partial charge in [0.15, 0.2) is 5.75 Å². The average Bonchev–Trinajstić information content (AvgIpc) is 2.74. The molecule has 19 heavy (non-hydrogen) atoms. The Morgan fingerprint density at radius 3 is 2.74 bits per heavy atom. The number of methoxy groups -OCH3 is 1. The summed E-state index contributed by atoms with van der Waals surface area (Å²) in [5.41, 5.74) is -0.285. The highest BCUT2D eigenvalue weighted by Crippen LogP contribution is 2.32. The molecule has 0 radical (unpaired) electrons. The molecule has 0 fully saturated rings. The van der Waals surface area contributed by atoms with Gasteiger partial charge < -0.3 is 9.84 Å². The van der Waals surface area contributed by atoms with Crippen LogP contribution in [0.15, 0.2) is 30.5 Å². The molecule has 0 saturated heterocycles. The smallest absolute Gasteiger partial charge is 0.162 e. The van der Waals surface area contributed by atoms with E-state index in [2.05, 4.69) is 5.10 Å². The van der Waals surface area contributed by atoms with Crippen LogP contribution in [0.4, 0.5) is 4.39 Å². The lowest BCUT2D eigenvalue weighted by atomic mass is 9.92. The van der Waals surface area contributed by atoms with Gasteiger partial charge in [-0.3, -0.25) is 4.68 Å². The third kappa shape index (κ3) is 2.61. The zero-order chi connectivity index (χ0) is 14.0. The van der Waals surface area contributed by atoms with Crippen LogP contribution in [0.1, 0.15) is 18.2 Å². The van der Waals surface area contributed by atoms with Gasteiger partial charge in [0.05, 0.1) is 13.3 Å². The van der Waals surface area contributed by atoms with E-state index < -0.39 is 5.60 Å². The van der Waals surface area contributed by atoms with Crippen LogP contribution >= 0.6 is 0 Å². The van der Waals surface area contributed by atoms with Crippen molar-refractivity contribution in [1.82, 2.24) is 9.78 Å². The molecule has 0 spiro atoms. The molecule has 1 heterocycles. The Labute approximate surface area is 111 Å². The third-order valence-corrected chi connectivity index (χ3v) is 3.13. The van der Waals surface area contributed by atoms with Gasteiger partial charge in [-0.1, -0.05) is 18.2 Å². The Kier molecular flexibility index (Phi) is 3.57. The van der Waals surface area contributed by atoms with Crippen LogP contribution in [0.5, 0.6) is 5.75 Å². The molecule has 4 nitrogen and oxygen atoms in total. The molecule has 0 amide bonds. The van der Waals surface area contributed by atoms with Gasteiger partial charge in [-0.15, -0.1) is 0 Å². The van der Waals surface area contributed by atoms with Crippen molar-refractivity contribution in [2.24, 2.45) is 7.05 Å². The summed E-state index contributed by atoms with van der Waals surface area (Å²) in [6, 6.07) is 6.41. The van der Waals surface area contributed by atoms with E-state index in [1.54, 1.807) is 36.9 Å². The Balaban J connectivity index is 2.37. The fourth-order valence-corrected chi connectivity index (χ4v) is 2.28. The number of ether oxygens (including phenoxy) is 1. The van der Waals surface area contributed by atoms with Crippen molar-refractivity contribution in [2.75, 3.05) is 7.11 Å². The first-order valence-electron chi connectivity index (χ1n) is 5.98. The molecule has 1 N–H and O–H groups in total. The minimum atomic E-state index is -1.27. The molecule has 2 rings (SSSR count). The van der Waals surface area contributed by atoms with Crippen LogP contribution < -0.4 is 4.74 Å². The summed E-state index contributed by atoms with van der Waals surface area (Å²) in [4.78, 5) is 0. The molecule has 102 valence electrons. The summed E-state index contributed by atoms with van der Waals surface area (Å²) in [6.45, 7) is 1.62. The summed E-state index contributed by atoms with van der Waals surface area (Å²) in [7, 11) is 3.23. The van der Waals surface area contributed by atoms with Gasteiger partial charge in [-0.25, -0.2) is 4.39 Å². The Morgan fingerprint density at radius 2 is 2.11 bits per heavy atom. The molecule has 1 atom stereocenters. The third-order valence-electron chi connectivity index (χ3n) is 3.13. The van der Waals surface area contributed by atoms with Gasteiger partial charge in [-0.05, 0) is 18.6 Å². The molecule has 1 unspecified atom stereocenters. The van der Waals surface area contributed by atoms with E-state index in [0.29, 0.717) is 17.0 Å². The van der Waals surface area contributed by atoms with Crippen LogP contribution in [0.2, 0.25) is 0 Å². The Morgan fingerprint density at radius 1 is 1.42 bits per heavy atom. The van der Waals surface area contributed by atoms with E-state index in [0.717, 1.165) is 0 Å². The van der Waals surface area contributed by atoms with Crippen molar-refractivity contribution in [3.05, 3.63) is 47.5 Å². The number of aliphatic hydroxyl groups is 1. The number of nitrogens with zero attached hydrogens (tertiary/aromatic N) is 2.